The Morgan fingerprint density at radius 2 is 2.11 bits per heavy atom. The number of aromatic nitrogens is 3. The number of nitrogens with zero attached hydrogens (tertiary/aromatic N) is 3. The molecule has 0 aliphatic heterocycles. The van der Waals surface area contributed by atoms with Gasteiger partial charge in [0.25, 0.3) is 0 Å². The van der Waals surface area contributed by atoms with Gasteiger partial charge in [0.05, 0.1) is 18.1 Å². The van der Waals surface area contributed by atoms with Crippen LogP contribution in [0.15, 0.2) is 24.3 Å². The van der Waals surface area contributed by atoms with Crippen molar-refractivity contribution >= 4 is 11.6 Å². The van der Waals surface area contributed by atoms with E-state index in [0.717, 1.165) is 17.0 Å². The summed E-state index contributed by atoms with van der Waals surface area (Å²) in [4.78, 5) is 0. The molecule has 1 N–H and O–H groups in total. The van der Waals surface area contributed by atoms with E-state index in [4.69, 9.17) is 11.6 Å². The fourth-order valence-electron chi connectivity index (χ4n) is 2.18. The first kappa shape index (κ1) is 11.5. The monoisotopic (exact) mass is 263 g/mol. The van der Waals surface area contributed by atoms with Crippen LogP contribution in [-0.4, -0.2) is 20.1 Å². The van der Waals surface area contributed by atoms with Crippen molar-refractivity contribution in [2.24, 2.45) is 0 Å². The maximum absolute atomic E-state index is 9.79. The zero-order valence-corrected chi connectivity index (χ0v) is 10.6. The average Bonchev–Trinajstić information content (AvgIpc) is 3.14. The van der Waals surface area contributed by atoms with Gasteiger partial charge in [0, 0.05) is 11.5 Å². The van der Waals surface area contributed by atoms with Crippen molar-refractivity contribution in [2.45, 2.75) is 31.2 Å². The number of rotatable bonds is 4. The van der Waals surface area contributed by atoms with E-state index < -0.39 is 0 Å². The molecule has 0 bridgehead atoms. The summed E-state index contributed by atoms with van der Waals surface area (Å²) in [7, 11) is 0. The Balaban J connectivity index is 1.93. The zero-order valence-electron chi connectivity index (χ0n) is 9.88. The summed E-state index contributed by atoms with van der Waals surface area (Å²) >= 11 is 5.89. The zero-order chi connectivity index (χ0) is 12.5. The summed E-state index contributed by atoms with van der Waals surface area (Å²) in [5, 5.41) is 18.1. The van der Waals surface area contributed by atoms with E-state index in [1.165, 1.54) is 12.8 Å². The van der Waals surface area contributed by atoms with Gasteiger partial charge in [0.1, 0.15) is 11.4 Å². The molecular weight excluding hydrogens is 250 g/mol. The van der Waals surface area contributed by atoms with E-state index in [-0.39, 0.29) is 0 Å². The molecule has 1 aliphatic carbocycles. The Bertz CT molecular complexity index is 563. The van der Waals surface area contributed by atoms with Crippen molar-refractivity contribution in [1.29, 1.82) is 0 Å². The molecule has 94 valence electrons. The van der Waals surface area contributed by atoms with Gasteiger partial charge in [-0.2, -0.15) is 0 Å². The smallest absolute Gasteiger partial charge is 0.120 e. The van der Waals surface area contributed by atoms with Gasteiger partial charge in [-0.3, -0.25) is 0 Å². The molecule has 1 fully saturated rings. The molecule has 2 aromatic rings. The fraction of sp³-hybridized carbons (Fsp3) is 0.385. The van der Waals surface area contributed by atoms with Gasteiger partial charge in [-0.15, -0.1) is 16.7 Å². The van der Waals surface area contributed by atoms with E-state index in [0.29, 0.717) is 24.1 Å². The number of alkyl halides is 1. The lowest BCUT2D eigenvalue weighted by molar-refractivity contribution is 0.462. The first-order valence-electron chi connectivity index (χ1n) is 6.04. The Hall–Kier alpha value is -1.55. The molecule has 1 heterocycles. The maximum atomic E-state index is 9.79. The van der Waals surface area contributed by atoms with Gasteiger partial charge in [0.2, 0.25) is 0 Å². The lowest BCUT2D eigenvalue weighted by atomic mass is 10.2. The Labute approximate surface area is 110 Å². The van der Waals surface area contributed by atoms with Crippen molar-refractivity contribution in [1.82, 2.24) is 15.0 Å². The Kier molecular flexibility index (Phi) is 2.96. The van der Waals surface area contributed by atoms with Gasteiger partial charge in [0.15, 0.2) is 0 Å². The summed E-state index contributed by atoms with van der Waals surface area (Å²) in [5.41, 5.74) is 2.85. The highest BCUT2D eigenvalue weighted by Gasteiger charge is 2.31. The number of aromatic hydroxyl groups is 1. The topological polar surface area (TPSA) is 50.9 Å². The first-order chi connectivity index (χ1) is 8.79. The summed E-state index contributed by atoms with van der Waals surface area (Å²) in [6.07, 6.45) is 2.36. The minimum atomic E-state index is 0.294. The summed E-state index contributed by atoms with van der Waals surface area (Å²) in [5.74, 6) is 1.23. The highest BCUT2D eigenvalue weighted by Crippen LogP contribution is 2.41. The van der Waals surface area contributed by atoms with Gasteiger partial charge >= 0.3 is 0 Å². The van der Waals surface area contributed by atoms with Crippen LogP contribution in [0, 0.1) is 0 Å². The van der Waals surface area contributed by atoms with Crippen LogP contribution in [0.25, 0.3) is 0 Å². The van der Waals surface area contributed by atoms with Crippen LogP contribution in [0.4, 0.5) is 0 Å². The minimum Gasteiger partial charge on any atom is -0.508 e. The lowest BCUT2D eigenvalue weighted by Crippen LogP contribution is -2.06. The summed E-state index contributed by atoms with van der Waals surface area (Å²) in [6, 6.07) is 7.30. The van der Waals surface area contributed by atoms with Crippen LogP contribution < -0.4 is 0 Å². The quantitative estimate of drug-likeness (QED) is 0.863. The van der Waals surface area contributed by atoms with Crippen LogP contribution in [0.1, 0.15) is 35.7 Å². The molecule has 5 heteroatoms. The predicted octanol–water partition coefficient (Wildman–Crippen LogP) is 2.65. The van der Waals surface area contributed by atoms with Gasteiger partial charge < -0.3 is 5.11 Å². The van der Waals surface area contributed by atoms with Gasteiger partial charge in [-0.25, -0.2) is 4.68 Å². The molecule has 1 aromatic carbocycles. The average molecular weight is 264 g/mol. The first-order valence-corrected chi connectivity index (χ1v) is 6.58. The third-order valence-corrected chi connectivity index (χ3v) is 3.50. The molecule has 18 heavy (non-hydrogen) atoms. The molecule has 1 aliphatic rings. The van der Waals surface area contributed by atoms with Crippen molar-refractivity contribution < 1.29 is 5.11 Å². The highest BCUT2D eigenvalue weighted by molar-refractivity contribution is 6.16. The summed E-state index contributed by atoms with van der Waals surface area (Å²) in [6.45, 7) is 0.544. The largest absolute Gasteiger partial charge is 0.508 e. The van der Waals surface area contributed by atoms with E-state index in [2.05, 4.69) is 10.3 Å². The molecule has 1 saturated carbocycles. The molecule has 0 atom stereocenters. The number of phenols is 1. The third-order valence-electron chi connectivity index (χ3n) is 3.25. The standard InChI is InChI=1S/C13H14ClN3O/c14-7-11-13(9-5-6-9)17(16-15-11)8-10-3-1-2-4-12(10)18/h1-4,9,18H,5-8H2. The summed E-state index contributed by atoms with van der Waals surface area (Å²) < 4.78 is 1.87. The van der Waals surface area contributed by atoms with E-state index in [9.17, 15) is 5.11 Å². The van der Waals surface area contributed by atoms with E-state index in [1.54, 1.807) is 6.07 Å². The van der Waals surface area contributed by atoms with Crippen molar-refractivity contribution in [3.8, 4) is 5.75 Å². The number of hydrogen-bond acceptors (Lipinski definition) is 3. The molecule has 0 radical (unpaired) electrons. The number of halogens is 1. The van der Waals surface area contributed by atoms with E-state index in [1.807, 2.05) is 22.9 Å². The van der Waals surface area contributed by atoms with Crippen LogP contribution >= 0.6 is 11.6 Å². The van der Waals surface area contributed by atoms with Crippen LogP contribution in [0.2, 0.25) is 0 Å². The maximum Gasteiger partial charge on any atom is 0.120 e. The number of hydrogen-bond donors (Lipinski definition) is 1. The fourth-order valence-corrected chi connectivity index (χ4v) is 2.37. The minimum absolute atomic E-state index is 0.294. The van der Waals surface area contributed by atoms with E-state index >= 15 is 0 Å². The van der Waals surface area contributed by atoms with Crippen molar-refractivity contribution in [3.05, 3.63) is 41.2 Å². The predicted molar refractivity (Wildman–Crippen MR) is 68.8 cm³/mol. The molecule has 0 saturated heterocycles. The SMILES string of the molecule is Oc1ccccc1Cn1nnc(CCl)c1C1CC1. The van der Waals surface area contributed by atoms with Crippen LogP contribution in [0.5, 0.6) is 5.75 Å². The molecule has 0 amide bonds. The molecule has 0 unspecified atom stereocenters. The normalized spacial score (nSPS) is 14.9. The second kappa shape index (κ2) is 4.61. The Morgan fingerprint density at radius 3 is 2.78 bits per heavy atom. The molecule has 3 rings (SSSR count). The third kappa shape index (κ3) is 2.08. The van der Waals surface area contributed by atoms with Crippen molar-refractivity contribution in [3.63, 3.8) is 0 Å². The van der Waals surface area contributed by atoms with Gasteiger partial charge in [-0.05, 0) is 18.9 Å². The highest BCUT2D eigenvalue weighted by atomic mass is 35.5. The number of phenolic OH excluding ortho intramolecular Hbond substituents is 1. The molecule has 4 nitrogen and oxygen atoms in total. The lowest BCUT2D eigenvalue weighted by Gasteiger charge is -2.07. The number of benzene rings is 1. The van der Waals surface area contributed by atoms with Gasteiger partial charge in [-0.1, -0.05) is 23.4 Å². The van der Waals surface area contributed by atoms with Crippen molar-refractivity contribution in [2.75, 3.05) is 0 Å². The van der Waals surface area contributed by atoms with Crippen LogP contribution in [-0.2, 0) is 12.4 Å². The second-order valence-electron chi connectivity index (χ2n) is 4.62. The molecular formula is C13H14ClN3O. The molecule has 1 aromatic heterocycles. The number of para-hydroxylation sites is 1. The second-order valence-corrected chi connectivity index (χ2v) is 4.88. The molecule has 0 spiro atoms. The Morgan fingerprint density at radius 1 is 1.33 bits per heavy atom. The van der Waals surface area contributed by atoms with Crippen LogP contribution in [0.3, 0.4) is 0 Å².